The Morgan fingerprint density at radius 1 is 1.33 bits per heavy atom. The molecule has 0 spiro atoms. The molecule has 0 amide bonds. The van der Waals surface area contributed by atoms with E-state index < -0.39 is 0 Å². The van der Waals surface area contributed by atoms with E-state index in [4.69, 9.17) is 14.5 Å². The van der Waals surface area contributed by atoms with E-state index in [1.807, 2.05) is 11.6 Å². The molecule has 1 aliphatic rings. The molecule has 2 N–H and O–H groups in total. The van der Waals surface area contributed by atoms with Gasteiger partial charge in [0, 0.05) is 51.1 Å². The van der Waals surface area contributed by atoms with Crippen LogP contribution in [0.25, 0.3) is 0 Å². The van der Waals surface area contributed by atoms with Crippen LogP contribution in [0.15, 0.2) is 4.99 Å². The minimum atomic E-state index is 0. The average Bonchev–Trinajstić information content (AvgIpc) is 2.95. The topological polar surface area (TPSA) is 75.9 Å². The zero-order chi connectivity index (χ0) is 21.2. The Labute approximate surface area is 199 Å². The van der Waals surface area contributed by atoms with Gasteiger partial charge in [-0.25, -0.2) is 4.99 Å². The fourth-order valence-corrected chi connectivity index (χ4v) is 3.65. The maximum atomic E-state index is 5.95. The van der Waals surface area contributed by atoms with Gasteiger partial charge in [0.25, 0.3) is 0 Å². The van der Waals surface area contributed by atoms with Crippen molar-refractivity contribution in [3.05, 3.63) is 17.0 Å². The summed E-state index contributed by atoms with van der Waals surface area (Å²) in [6.07, 6.45) is 0.187. The van der Waals surface area contributed by atoms with Gasteiger partial charge in [-0.15, -0.1) is 24.0 Å². The standard InChI is InChI=1S/C21H40N6O2.HI/c1-7-22-21(23-12-19-15-26(8-11-29-19)14-16(2)3)24-13-20-17(4)25-27(18(20)5)9-10-28-6;/h16,19H,7-15H2,1-6H3,(H2,22,23,24);1H. The molecule has 8 nitrogen and oxygen atoms in total. The second kappa shape index (κ2) is 14.2. The predicted octanol–water partition coefficient (Wildman–Crippen LogP) is 2.18. The number of guanidine groups is 1. The summed E-state index contributed by atoms with van der Waals surface area (Å²) in [6.45, 7) is 18.3. The van der Waals surface area contributed by atoms with Gasteiger partial charge in [-0.3, -0.25) is 9.58 Å². The highest BCUT2D eigenvalue weighted by molar-refractivity contribution is 14.0. The maximum Gasteiger partial charge on any atom is 0.191 e. The number of nitrogens with one attached hydrogen (secondary N) is 2. The molecular weight excluding hydrogens is 495 g/mol. The predicted molar refractivity (Wildman–Crippen MR) is 133 cm³/mol. The molecule has 0 aromatic carbocycles. The van der Waals surface area contributed by atoms with E-state index in [9.17, 15) is 0 Å². The van der Waals surface area contributed by atoms with Gasteiger partial charge < -0.3 is 20.1 Å². The first-order valence-electron chi connectivity index (χ1n) is 10.8. The van der Waals surface area contributed by atoms with Crippen LogP contribution in [0.2, 0.25) is 0 Å². The van der Waals surface area contributed by atoms with Crippen molar-refractivity contribution in [2.24, 2.45) is 10.9 Å². The molecule has 2 heterocycles. The lowest BCUT2D eigenvalue weighted by Gasteiger charge is -2.34. The van der Waals surface area contributed by atoms with E-state index in [0.717, 1.165) is 63.2 Å². The van der Waals surface area contributed by atoms with Crippen LogP contribution in [-0.2, 0) is 22.6 Å². The number of rotatable bonds is 10. The Bertz CT molecular complexity index is 650. The third-order valence-electron chi connectivity index (χ3n) is 5.12. The molecule has 9 heteroatoms. The van der Waals surface area contributed by atoms with Crippen molar-refractivity contribution >= 4 is 29.9 Å². The lowest BCUT2D eigenvalue weighted by molar-refractivity contribution is -0.0284. The molecule has 1 aromatic rings. The molecule has 0 bridgehead atoms. The first-order chi connectivity index (χ1) is 13.9. The summed E-state index contributed by atoms with van der Waals surface area (Å²) in [7, 11) is 1.71. The van der Waals surface area contributed by atoms with Crippen LogP contribution >= 0.6 is 24.0 Å². The number of methoxy groups -OCH3 is 1. The fourth-order valence-electron chi connectivity index (χ4n) is 3.65. The third kappa shape index (κ3) is 8.68. The summed E-state index contributed by atoms with van der Waals surface area (Å²) in [6, 6.07) is 0. The smallest absolute Gasteiger partial charge is 0.191 e. The Hall–Kier alpha value is -0.910. The van der Waals surface area contributed by atoms with Crippen molar-refractivity contribution in [3.8, 4) is 0 Å². The zero-order valence-electron chi connectivity index (χ0n) is 19.5. The molecule has 0 radical (unpaired) electrons. The highest BCUT2D eigenvalue weighted by Crippen LogP contribution is 2.14. The highest BCUT2D eigenvalue weighted by atomic mass is 127. The van der Waals surface area contributed by atoms with Crippen molar-refractivity contribution in [1.82, 2.24) is 25.3 Å². The van der Waals surface area contributed by atoms with Crippen LogP contribution in [0.4, 0.5) is 0 Å². The number of aliphatic imine (C=N–C) groups is 1. The van der Waals surface area contributed by atoms with Crippen LogP contribution in [0.1, 0.15) is 37.7 Å². The SMILES string of the molecule is CCNC(=NCc1c(C)nn(CCOC)c1C)NCC1CN(CC(C)C)CCO1.I. The molecule has 1 saturated heterocycles. The lowest BCUT2D eigenvalue weighted by Crippen LogP contribution is -2.50. The molecular formula is C21H41IN6O2. The van der Waals surface area contributed by atoms with Crippen LogP contribution in [0.3, 0.4) is 0 Å². The van der Waals surface area contributed by atoms with Gasteiger partial charge in [-0.2, -0.15) is 5.10 Å². The second-order valence-corrected chi connectivity index (χ2v) is 8.09. The monoisotopic (exact) mass is 536 g/mol. The molecule has 2 rings (SSSR count). The molecule has 1 unspecified atom stereocenters. The third-order valence-corrected chi connectivity index (χ3v) is 5.12. The van der Waals surface area contributed by atoms with Crippen molar-refractivity contribution < 1.29 is 9.47 Å². The van der Waals surface area contributed by atoms with Crippen LogP contribution < -0.4 is 10.6 Å². The second-order valence-electron chi connectivity index (χ2n) is 8.09. The minimum absolute atomic E-state index is 0. The van der Waals surface area contributed by atoms with E-state index in [2.05, 4.69) is 48.3 Å². The van der Waals surface area contributed by atoms with Gasteiger partial charge in [-0.05, 0) is 26.7 Å². The number of aryl methyl sites for hydroxylation is 1. The van der Waals surface area contributed by atoms with E-state index >= 15 is 0 Å². The summed E-state index contributed by atoms with van der Waals surface area (Å²) >= 11 is 0. The summed E-state index contributed by atoms with van der Waals surface area (Å²) in [5, 5.41) is 11.4. The first kappa shape index (κ1) is 27.1. The van der Waals surface area contributed by atoms with E-state index in [-0.39, 0.29) is 30.1 Å². The number of nitrogens with zero attached hydrogens (tertiary/aromatic N) is 4. The summed E-state index contributed by atoms with van der Waals surface area (Å²) < 4.78 is 13.1. The summed E-state index contributed by atoms with van der Waals surface area (Å²) in [5.74, 6) is 1.50. The normalized spacial score (nSPS) is 17.8. The quantitative estimate of drug-likeness (QED) is 0.271. The molecule has 30 heavy (non-hydrogen) atoms. The van der Waals surface area contributed by atoms with Crippen LogP contribution in [0.5, 0.6) is 0 Å². The molecule has 0 aliphatic carbocycles. The van der Waals surface area contributed by atoms with E-state index in [1.165, 1.54) is 5.56 Å². The van der Waals surface area contributed by atoms with Crippen molar-refractivity contribution in [2.45, 2.75) is 53.8 Å². The molecule has 1 aromatic heterocycles. The van der Waals surface area contributed by atoms with Gasteiger partial charge in [0.2, 0.25) is 0 Å². The zero-order valence-corrected chi connectivity index (χ0v) is 21.9. The molecule has 174 valence electrons. The fraction of sp³-hybridized carbons (Fsp3) is 0.810. The highest BCUT2D eigenvalue weighted by Gasteiger charge is 2.21. The summed E-state index contributed by atoms with van der Waals surface area (Å²) in [5.41, 5.74) is 3.35. The van der Waals surface area contributed by atoms with Crippen molar-refractivity contribution in [2.75, 3.05) is 53.0 Å². The number of morpholine rings is 1. The maximum absolute atomic E-state index is 5.95. The van der Waals surface area contributed by atoms with Crippen molar-refractivity contribution in [1.29, 1.82) is 0 Å². The Balaban J connectivity index is 0.00000450. The molecule has 1 fully saturated rings. The largest absolute Gasteiger partial charge is 0.383 e. The van der Waals surface area contributed by atoms with Gasteiger partial charge in [0.15, 0.2) is 5.96 Å². The lowest BCUT2D eigenvalue weighted by atomic mass is 10.2. The van der Waals surface area contributed by atoms with E-state index in [0.29, 0.717) is 19.1 Å². The number of aromatic nitrogens is 2. The van der Waals surface area contributed by atoms with Gasteiger partial charge in [0.1, 0.15) is 0 Å². The Morgan fingerprint density at radius 3 is 2.77 bits per heavy atom. The van der Waals surface area contributed by atoms with E-state index in [1.54, 1.807) is 7.11 Å². The first-order valence-corrected chi connectivity index (χ1v) is 10.8. The minimum Gasteiger partial charge on any atom is -0.383 e. The number of hydrogen-bond acceptors (Lipinski definition) is 5. The van der Waals surface area contributed by atoms with Crippen molar-refractivity contribution in [3.63, 3.8) is 0 Å². The van der Waals surface area contributed by atoms with Crippen LogP contribution in [-0.4, -0.2) is 79.8 Å². The average molecular weight is 537 g/mol. The van der Waals surface area contributed by atoms with Gasteiger partial charge in [0.05, 0.1) is 38.1 Å². The Morgan fingerprint density at radius 2 is 2.10 bits per heavy atom. The van der Waals surface area contributed by atoms with Gasteiger partial charge in [-0.1, -0.05) is 13.8 Å². The van der Waals surface area contributed by atoms with Gasteiger partial charge >= 0.3 is 0 Å². The number of hydrogen-bond donors (Lipinski definition) is 2. The molecule has 1 aliphatic heterocycles. The van der Waals surface area contributed by atoms with Crippen LogP contribution in [0, 0.1) is 19.8 Å². The number of ether oxygens (including phenoxy) is 2. The molecule has 0 saturated carbocycles. The Kier molecular flexibility index (Phi) is 12.8. The molecule has 1 atom stereocenters. The summed E-state index contributed by atoms with van der Waals surface area (Å²) in [4.78, 5) is 7.28. The number of halogens is 1.